The molecule has 3 atom stereocenters. The smallest absolute Gasteiger partial charge is 0.312 e. The van der Waals surface area contributed by atoms with Crippen LogP contribution in [0.3, 0.4) is 0 Å². The van der Waals surface area contributed by atoms with Gasteiger partial charge in [-0.3, -0.25) is 14.5 Å². The van der Waals surface area contributed by atoms with E-state index in [2.05, 4.69) is 30.9 Å². The molecule has 0 aromatic heterocycles. The van der Waals surface area contributed by atoms with Crippen molar-refractivity contribution in [2.75, 3.05) is 33.9 Å². The highest BCUT2D eigenvalue weighted by Gasteiger charge is 2.41. The predicted octanol–water partition coefficient (Wildman–Crippen LogP) is 4.33. The Bertz CT molecular complexity index is 865. The number of carbonyl (C=O) groups excluding carboxylic acids is 1. The molecular weight excluding hydrogens is 422 g/mol. The first-order valence-corrected chi connectivity index (χ1v) is 11.9. The molecule has 0 aliphatic carbocycles. The lowest BCUT2D eigenvalue weighted by atomic mass is 9.74. The molecule has 2 aliphatic rings. The third-order valence-corrected chi connectivity index (χ3v) is 7.12. The van der Waals surface area contributed by atoms with Gasteiger partial charge in [-0.25, -0.2) is 0 Å². The van der Waals surface area contributed by atoms with E-state index in [-0.39, 0.29) is 18.4 Å². The van der Waals surface area contributed by atoms with Crippen molar-refractivity contribution in [1.82, 2.24) is 4.90 Å². The standard InChI is InChI=1S/C26H39NO6/c1-16(2)9-18-14-27-8-7-17-11-22(31-5)23(32-6)12-20(17)21(27)10-19(18)15-33-25(30)26(3,4)13-24(28)29/h11-12,16,18-19,21H,7-10,13-15H2,1-6H3,(H,28,29). The number of esters is 1. The number of carboxylic acids is 1. The number of carbonyl (C=O) groups is 2. The summed E-state index contributed by atoms with van der Waals surface area (Å²) in [5.41, 5.74) is 1.51. The Morgan fingerprint density at radius 1 is 1.15 bits per heavy atom. The van der Waals surface area contributed by atoms with Crippen LogP contribution < -0.4 is 9.47 Å². The number of hydrogen-bond donors (Lipinski definition) is 1. The summed E-state index contributed by atoms with van der Waals surface area (Å²) in [7, 11) is 3.32. The van der Waals surface area contributed by atoms with E-state index in [0.717, 1.165) is 43.9 Å². The van der Waals surface area contributed by atoms with E-state index >= 15 is 0 Å². The first-order valence-electron chi connectivity index (χ1n) is 11.9. The number of hydrogen-bond acceptors (Lipinski definition) is 6. The van der Waals surface area contributed by atoms with E-state index < -0.39 is 17.4 Å². The van der Waals surface area contributed by atoms with E-state index in [1.54, 1.807) is 28.1 Å². The Kier molecular flexibility index (Phi) is 7.93. The second-order valence-corrected chi connectivity index (χ2v) is 10.6. The molecule has 3 unspecified atom stereocenters. The van der Waals surface area contributed by atoms with Crippen LogP contribution >= 0.6 is 0 Å². The molecule has 33 heavy (non-hydrogen) atoms. The number of piperidine rings is 1. The van der Waals surface area contributed by atoms with E-state index in [1.165, 1.54) is 11.1 Å². The summed E-state index contributed by atoms with van der Waals surface area (Å²) in [4.78, 5) is 26.4. The number of rotatable bonds is 9. The highest BCUT2D eigenvalue weighted by molar-refractivity contribution is 5.82. The maximum Gasteiger partial charge on any atom is 0.312 e. The highest BCUT2D eigenvalue weighted by Crippen LogP contribution is 2.45. The Balaban J connectivity index is 1.81. The van der Waals surface area contributed by atoms with Gasteiger partial charge in [0.15, 0.2) is 11.5 Å². The average Bonchev–Trinajstić information content (AvgIpc) is 2.74. The van der Waals surface area contributed by atoms with Gasteiger partial charge in [0.25, 0.3) is 0 Å². The second kappa shape index (κ2) is 10.3. The Morgan fingerprint density at radius 3 is 2.42 bits per heavy atom. The molecule has 3 rings (SSSR count). The maximum atomic E-state index is 12.7. The van der Waals surface area contributed by atoms with Gasteiger partial charge in [-0.15, -0.1) is 0 Å². The van der Waals surface area contributed by atoms with Crippen molar-refractivity contribution in [2.24, 2.45) is 23.2 Å². The molecule has 1 aromatic rings. The number of benzene rings is 1. The lowest BCUT2D eigenvalue weighted by Crippen LogP contribution is -2.47. The molecule has 0 saturated carbocycles. The number of nitrogens with zero attached hydrogens (tertiary/aromatic N) is 1. The van der Waals surface area contributed by atoms with Crippen LogP contribution in [-0.4, -0.2) is 55.9 Å². The van der Waals surface area contributed by atoms with Crippen molar-refractivity contribution in [1.29, 1.82) is 0 Å². The summed E-state index contributed by atoms with van der Waals surface area (Å²) in [6.45, 7) is 10.0. The average molecular weight is 462 g/mol. The van der Waals surface area contributed by atoms with Gasteiger partial charge in [-0.2, -0.15) is 0 Å². The van der Waals surface area contributed by atoms with Gasteiger partial charge in [0.1, 0.15) is 0 Å². The predicted molar refractivity (Wildman–Crippen MR) is 126 cm³/mol. The summed E-state index contributed by atoms with van der Waals surface area (Å²) in [5, 5.41) is 9.13. The van der Waals surface area contributed by atoms with E-state index in [1.807, 2.05) is 0 Å². The van der Waals surface area contributed by atoms with Crippen LogP contribution in [0.2, 0.25) is 0 Å². The third-order valence-electron chi connectivity index (χ3n) is 7.12. The minimum absolute atomic E-state index is 0.220. The topological polar surface area (TPSA) is 85.3 Å². The van der Waals surface area contributed by atoms with Crippen molar-refractivity contribution in [3.63, 3.8) is 0 Å². The molecule has 1 N–H and O–H groups in total. The zero-order chi connectivity index (χ0) is 24.3. The summed E-state index contributed by atoms with van der Waals surface area (Å²) in [5.74, 6) is 1.26. The van der Waals surface area contributed by atoms with Gasteiger partial charge in [-0.05, 0) is 74.1 Å². The second-order valence-electron chi connectivity index (χ2n) is 10.6. The molecule has 0 spiro atoms. The van der Waals surface area contributed by atoms with Crippen molar-refractivity contribution in [3.05, 3.63) is 23.3 Å². The van der Waals surface area contributed by atoms with Crippen LogP contribution in [0.15, 0.2) is 12.1 Å². The van der Waals surface area contributed by atoms with Crippen LogP contribution in [0, 0.1) is 23.2 Å². The van der Waals surface area contributed by atoms with E-state index in [9.17, 15) is 9.59 Å². The van der Waals surface area contributed by atoms with E-state index in [4.69, 9.17) is 19.3 Å². The van der Waals surface area contributed by atoms with Gasteiger partial charge < -0.3 is 19.3 Å². The fourth-order valence-corrected chi connectivity index (χ4v) is 5.41. The van der Waals surface area contributed by atoms with Crippen LogP contribution in [0.5, 0.6) is 11.5 Å². The fourth-order valence-electron chi connectivity index (χ4n) is 5.41. The molecule has 2 heterocycles. The van der Waals surface area contributed by atoms with Crippen molar-refractivity contribution < 1.29 is 28.9 Å². The molecule has 0 amide bonds. The van der Waals surface area contributed by atoms with Gasteiger partial charge in [0.2, 0.25) is 0 Å². The largest absolute Gasteiger partial charge is 0.493 e. The lowest BCUT2D eigenvalue weighted by Gasteiger charge is -2.47. The lowest BCUT2D eigenvalue weighted by molar-refractivity contribution is -0.161. The first-order chi connectivity index (χ1) is 15.6. The molecule has 1 saturated heterocycles. The number of fused-ring (bicyclic) bond motifs is 3. The number of aliphatic carboxylic acids is 1. The molecule has 1 fully saturated rings. The minimum Gasteiger partial charge on any atom is -0.493 e. The van der Waals surface area contributed by atoms with Gasteiger partial charge >= 0.3 is 11.9 Å². The van der Waals surface area contributed by atoms with Gasteiger partial charge in [0, 0.05) is 19.1 Å². The molecule has 0 radical (unpaired) electrons. The monoisotopic (exact) mass is 461 g/mol. The maximum absolute atomic E-state index is 12.7. The van der Waals surface area contributed by atoms with Crippen LogP contribution in [0.25, 0.3) is 0 Å². The molecule has 1 aromatic carbocycles. The number of ether oxygens (including phenoxy) is 3. The molecule has 0 bridgehead atoms. The zero-order valence-corrected chi connectivity index (χ0v) is 20.8. The molecule has 2 aliphatic heterocycles. The minimum atomic E-state index is -1.04. The van der Waals surface area contributed by atoms with Crippen molar-refractivity contribution in [3.8, 4) is 11.5 Å². The van der Waals surface area contributed by atoms with Crippen LogP contribution in [-0.2, 0) is 20.7 Å². The molecule has 7 heteroatoms. The Morgan fingerprint density at radius 2 is 1.82 bits per heavy atom. The number of methoxy groups -OCH3 is 2. The van der Waals surface area contributed by atoms with E-state index in [0.29, 0.717) is 18.4 Å². The van der Waals surface area contributed by atoms with Gasteiger partial charge in [0.05, 0.1) is 32.7 Å². The number of carboxylic acid groups (broad SMARTS) is 1. The first kappa shape index (κ1) is 25.3. The van der Waals surface area contributed by atoms with Gasteiger partial charge in [-0.1, -0.05) is 13.8 Å². The summed E-state index contributed by atoms with van der Waals surface area (Å²) < 4.78 is 16.8. The van der Waals surface area contributed by atoms with Crippen LogP contribution in [0.1, 0.15) is 64.1 Å². The summed E-state index contributed by atoms with van der Waals surface area (Å²) >= 11 is 0. The summed E-state index contributed by atoms with van der Waals surface area (Å²) in [6.07, 6.45) is 2.70. The zero-order valence-electron chi connectivity index (χ0n) is 20.8. The normalized spacial score (nSPS) is 22.9. The molecule has 7 nitrogen and oxygen atoms in total. The Hall–Kier alpha value is -2.28. The SMILES string of the molecule is COc1cc2c(cc1OC)C1CC(COC(=O)C(C)(C)CC(=O)O)C(CC(C)C)CN1CC2. The quantitative estimate of drug-likeness (QED) is 0.548. The highest BCUT2D eigenvalue weighted by atomic mass is 16.5. The van der Waals surface area contributed by atoms with Crippen LogP contribution in [0.4, 0.5) is 0 Å². The third kappa shape index (κ3) is 5.81. The van der Waals surface area contributed by atoms with Crippen molar-refractivity contribution in [2.45, 2.75) is 59.4 Å². The summed E-state index contributed by atoms with van der Waals surface area (Å²) in [6, 6.07) is 4.44. The molecular formula is C26H39NO6. The van der Waals surface area contributed by atoms with Crippen molar-refractivity contribution >= 4 is 11.9 Å². The fraction of sp³-hybridized carbons (Fsp3) is 0.692. The Labute approximate surface area is 197 Å². The molecule has 184 valence electrons.